The maximum atomic E-state index is 6.22. The van der Waals surface area contributed by atoms with Crippen molar-refractivity contribution in [2.75, 3.05) is 0 Å². The van der Waals surface area contributed by atoms with Gasteiger partial charge in [-0.1, -0.05) is 0 Å². The molecule has 4 aromatic rings. The molecule has 0 unspecified atom stereocenters. The van der Waals surface area contributed by atoms with E-state index in [1.165, 1.54) is 21.5 Å². The van der Waals surface area contributed by atoms with Crippen LogP contribution in [0, 0.1) is 0 Å². The number of hydrogen-bond acceptors (Lipinski definition) is 0. The predicted octanol–water partition coefficient (Wildman–Crippen LogP) is 6.33. The van der Waals surface area contributed by atoms with Gasteiger partial charge in [-0.15, -0.1) is 0 Å². The molecular formula is C25H21BrClP. The Morgan fingerprint density at radius 2 is 1.04 bits per heavy atom. The number of benzene rings is 4. The molecule has 0 aliphatic rings. The monoisotopic (exact) mass is 466 g/mol. The van der Waals surface area contributed by atoms with Crippen molar-refractivity contribution in [1.29, 1.82) is 0 Å². The van der Waals surface area contributed by atoms with E-state index in [1.807, 2.05) is 12.1 Å². The summed E-state index contributed by atoms with van der Waals surface area (Å²) >= 11 is 9.98. The van der Waals surface area contributed by atoms with E-state index in [2.05, 4.69) is 113 Å². The molecule has 3 heteroatoms. The van der Waals surface area contributed by atoms with Gasteiger partial charge in [-0.3, -0.25) is 0 Å². The molecule has 0 aliphatic heterocycles. The van der Waals surface area contributed by atoms with Crippen LogP contribution in [-0.4, -0.2) is 0 Å². The summed E-state index contributed by atoms with van der Waals surface area (Å²) < 4.78 is 1.07. The Labute approximate surface area is 180 Å². The zero-order valence-corrected chi connectivity index (χ0v) is 18.7. The molecule has 0 N–H and O–H groups in total. The zero-order chi connectivity index (χ0) is 19.4. The van der Waals surface area contributed by atoms with Crippen molar-refractivity contribution in [3.8, 4) is 0 Å². The normalized spacial score (nSPS) is 11.9. The molecule has 0 aromatic heterocycles. The van der Waals surface area contributed by atoms with E-state index in [0.29, 0.717) is 0 Å². The Morgan fingerprint density at radius 1 is 0.607 bits per heavy atom. The summed E-state index contributed by atoms with van der Waals surface area (Å²) in [5.74, 6) is 0. The van der Waals surface area contributed by atoms with Gasteiger partial charge in [0.1, 0.15) is 0 Å². The van der Waals surface area contributed by atoms with Gasteiger partial charge in [0.25, 0.3) is 0 Å². The predicted molar refractivity (Wildman–Crippen MR) is 129 cm³/mol. The molecule has 0 aliphatic carbocycles. The van der Waals surface area contributed by atoms with Crippen LogP contribution >= 0.6 is 34.8 Å². The summed E-state index contributed by atoms with van der Waals surface area (Å²) in [6.07, 6.45) is 0.961. The second kappa shape index (κ2) is 8.62. The third kappa shape index (κ3) is 3.80. The third-order valence-electron chi connectivity index (χ3n) is 5.27. The molecule has 0 fully saturated rings. The molecule has 140 valence electrons. The number of halogens is 2. The Balaban J connectivity index is 2.01. The SMILES string of the molecule is Clc1ccc(C[PH](c2ccccc2)(c2ccccc2)c2ccccc2)c(Br)c1. The first-order chi connectivity index (χ1) is 13.7. The first-order valence-corrected chi connectivity index (χ1v) is 12.7. The van der Waals surface area contributed by atoms with Crippen LogP contribution < -0.4 is 15.9 Å². The molecule has 4 rings (SSSR count). The molecule has 0 amide bonds. The van der Waals surface area contributed by atoms with Crippen molar-refractivity contribution < 1.29 is 0 Å². The fourth-order valence-corrected chi connectivity index (χ4v) is 9.78. The summed E-state index contributed by atoms with van der Waals surface area (Å²) in [6.45, 7) is 0. The van der Waals surface area contributed by atoms with Crippen LogP contribution in [0.3, 0.4) is 0 Å². The summed E-state index contributed by atoms with van der Waals surface area (Å²) in [5.41, 5.74) is 1.28. The van der Waals surface area contributed by atoms with Crippen LogP contribution in [0.5, 0.6) is 0 Å². The topological polar surface area (TPSA) is 0 Å². The van der Waals surface area contributed by atoms with E-state index in [0.717, 1.165) is 15.7 Å². The molecule has 0 heterocycles. The van der Waals surface area contributed by atoms with E-state index in [9.17, 15) is 0 Å². The Morgan fingerprint density at radius 3 is 1.43 bits per heavy atom. The van der Waals surface area contributed by atoms with Gasteiger partial charge in [0.05, 0.1) is 0 Å². The summed E-state index contributed by atoms with van der Waals surface area (Å²) in [4.78, 5) is 0. The van der Waals surface area contributed by atoms with Gasteiger partial charge in [-0.25, -0.2) is 0 Å². The van der Waals surface area contributed by atoms with Crippen LogP contribution in [0.1, 0.15) is 5.56 Å². The van der Waals surface area contributed by atoms with Gasteiger partial charge in [0.2, 0.25) is 0 Å². The Bertz CT molecular complexity index is 953. The molecular weight excluding hydrogens is 447 g/mol. The van der Waals surface area contributed by atoms with Crippen molar-refractivity contribution in [1.82, 2.24) is 0 Å². The zero-order valence-electron chi connectivity index (χ0n) is 15.4. The Hall–Kier alpha value is -1.92. The average Bonchev–Trinajstić information content (AvgIpc) is 2.75. The van der Waals surface area contributed by atoms with E-state index in [4.69, 9.17) is 11.6 Å². The molecule has 0 nitrogen and oxygen atoms in total. The summed E-state index contributed by atoms with van der Waals surface area (Å²) in [6, 6.07) is 39.1. The molecule has 0 saturated heterocycles. The molecule has 0 saturated carbocycles. The number of hydrogen-bond donors (Lipinski definition) is 0. The van der Waals surface area contributed by atoms with E-state index >= 15 is 0 Å². The molecule has 0 bridgehead atoms. The standard InChI is InChI=1S/C25H21BrClP/c26-25-18-21(27)17-16-20(25)19-28(22-10-4-1-5-11-22,23-12-6-2-7-13-23)24-14-8-3-9-15-24/h1-18,28H,19H2. The fraction of sp³-hybridized carbons (Fsp3) is 0.0400. The van der Waals surface area contributed by atoms with E-state index in [-0.39, 0.29) is 0 Å². The fourth-order valence-electron chi connectivity index (χ4n) is 3.92. The van der Waals surface area contributed by atoms with Gasteiger partial charge in [0.15, 0.2) is 0 Å². The van der Waals surface area contributed by atoms with Gasteiger partial charge >= 0.3 is 181 Å². The summed E-state index contributed by atoms with van der Waals surface area (Å²) in [7, 11) is -2.29. The molecule has 0 spiro atoms. The second-order valence-corrected chi connectivity index (χ2v) is 12.1. The van der Waals surface area contributed by atoms with Crippen LogP contribution in [0.2, 0.25) is 5.02 Å². The molecule has 0 radical (unpaired) electrons. The maximum absolute atomic E-state index is 6.22. The van der Waals surface area contributed by atoms with Gasteiger partial charge in [-0.2, -0.15) is 0 Å². The van der Waals surface area contributed by atoms with Crippen LogP contribution in [0.25, 0.3) is 0 Å². The van der Waals surface area contributed by atoms with Crippen LogP contribution in [0.15, 0.2) is 114 Å². The molecule has 28 heavy (non-hydrogen) atoms. The molecule has 4 aromatic carbocycles. The van der Waals surface area contributed by atoms with Crippen molar-refractivity contribution in [2.45, 2.75) is 6.16 Å². The quantitative estimate of drug-likeness (QED) is 0.301. The summed E-state index contributed by atoms with van der Waals surface area (Å²) in [5, 5.41) is 4.99. The van der Waals surface area contributed by atoms with Crippen molar-refractivity contribution in [3.63, 3.8) is 0 Å². The first-order valence-electron chi connectivity index (χ1n) is 9.31. The van der Waals surface area contributed by atoms with E-state index < -0.39 is 7.26 Å². The Kier molecular flexibility index (Phi) is 5.97. The van der Waals surface area contributed by atoms with Crippen LogP contribution in [0.4, 0.5) is 0 Å². The third-order valence-corrected chi connectivity index (χ3v) is 11.1. The van der Waals surface area contributed by atoms with Crippen molar-refractivity contribution >= 4 is 50.7 Å². The second-order valence-electron chi connectivity index (χ2n) is 6.92. The van der Waals surface area contributed by atoms with Crippen molar-refractivity contribution in [2.24, 2.45) is 0 Å². The van der Waals surface area contributed by atoms with E-state index in [1.54, 1.807) is 0 Å². The van der Waals surface area contributed by atoms with Gasteiger partial charge < -0.3 is 0 Å². The molecule has 0 atom stereocenters. The van der Waals surface area contributed by atoms with Crippen molar-refractivity contribution in [3.05, 3.63) is 124 Å². The first kappa shape index (κ1) is 19.4. The van der Waals surface area contributed by atoms with Gasteiger partial charge in [-0.05, 0) is 0 Å². The minimum atomic E-state index is -2.29. The van der Waals surface area contributed by atoms with Gasteiger partial charge in [0, 0.05) is 0 Å². The van der Waals surface area contributed by atoms with Crippen LogP contribution in [-0.2, 0) is 6.16 Å². The average molecular weight is 468 g/mol. The number of rotatable bonds is 5. The minimum absolute atomic E-state index is 0.752.